The van der Waals surface area contributed by atoms with E-state index in [0.717, 1.165) is 25.3 Å². The number of nitrogens with zero attached hydrogens (tertiary/aromatic N) is 2. The summed E-state index contributed by atoms with van der Waals surface area (Å²) in [6.07, 6.45) is 0. The van der Waals surface area contributed by atoms with Crippen LogP contribution in [0.15, 0.2) is 24.3 Å². The average Bonchev–Trinajstić information content (AvgIpc) is 2.90. The molecule has 0 unspecified atom stereocenters. The molecule has 0 aliphatic carbocycles. The van der Waals surface area contributed by atoms with E-state index in [0.29, 0.717) is 11.8 Å². The van der Waals surface area contributed by atoms with Gasteiger partial charge in [0.25, 0.3) is 0 Å². The van der Waals surface area contributed by atoms with Gasteiger partial charge in [0.05, 0.1) is 0 Å². The number of carbonyl (C=O) groups is 2. The molecular formula is C17H22N2O2. The van der Waals surface area contributed by atoms with Crippen molar-refractivity contribution in [1.82, 2.24) is 4.90 Å². The van der Waals surface area contributed by atoms with Gasteiger partial charge in [0, 0.05) is 50.0 Å². The van der Waals surface area contributed by atoms with Crippen molar-refractivity contribution in [3.05, 3.63) is 29.8 Å². The van der Waals surface area contributed by atoms with Crippen molar-refractivity contribution < 1.29 is 9.59 Å². The molecule has 0 saturated carbocycles. The molecule has 1 aromatic rings. The number of fused-ring (bicyclic) bond motifs is 3. The quantitative estimate of drug-likeness (QED) is 0.794. The third-order valence-electron chi connectivity index (χ3n) is 4.69. The molecule has 0 N–H and O–H groups in total. The van der Waals surface area contributed by atoms with Crippen LogP contribution < -0.4 is 4.90 Å². The number of likely N-dealkylation sites (tertiary alicyclic amines) is 1. The molecule has 2 aliphatic heterocycles. The second-order valence-electron chi connectivity index (χ2n) is 6.45. The van der Waals surface area contributed by atoms with Crippen LogP contribution in [0.1, 0.15) is 32.3 Å². The number of amides is 2. The monoisotopic (exact) mass is 286 g/mol. The summed E-state index contributed by atoms with van der Waals surface area (Å²) in [5, 5.41) is 0. The predicted molar refractivity (Wildman–Crippen MR) is 82.1 cm³/mol. The van der Waals surface area contributed by atoms with Crippen molar-refractivity contribution in [1.29, 1.82) is 0 Å². The van der Waals surface area contributed by atoms with Crippen LogP contribution in [-0.4, -0.2) is 36.3 Å². The molecule has 0 spiro atoms. The van der Waals surface area contributed by atoms with Gasteiger partial charge >= 0.3 is 0 Å². The fourth-order valence-electron chi connectivity index (χ4n) is 3.57. The van der Waals surface area contributed by atoms with Gasteiger partial charge in [-0.15, -0.1) is 0 Å². The van der Waals surface area contributed by atoms with Gasteiger partial charge in [0.1, 0.15) is 0 Å². The van der Waals surface area contributed by atoms with Crippen LogP contribution in [0.3, 0.4) is 0 Å². The summed E-state index contributed by atoms with van der Waals surface area (Å²) in [4.78, 5) is 28.0. The first-order valence-electron chi connectivity index (χ1n) is 7.65. The van der Waals surface area contributed by atoms with Gasteiger partial charge in [-0.2, -0.15) is 0 Å². The number of para-hydroxylation sites is 1. The van der Waals surface area contributed by atoms with Gasteiger partial charge in [-0.1, -0.05) is 32.0 Å². The van der Waals surface area contributed by atoms with E-state index in [4.69, 9.17) is 0 Å². The van der Waals surface area contributed by atoms with Crippen LogP contribution in [0, 0.1) is 11.8 Å². The molecule has 1 saturated heterocycles. The van der Waals surface area contributed by atoms with Gasteiger partial charge in [-0.05, 0) is 11.6 Å². The van der Waals surface area contributed by atoms with Crippen LogP contribution in [0.5, 0.6) is 0 Å². The molecule has 3 rings (SSSR count). The zero-order chi connectivity index (χ0) is 15.1. The standard InChI is InChI=1S/C17H22N2O2/c1-11(2)17(21)19-9-13-8-18(12(3)20)10-15(13)14-6-4-5-7-16(14)19/h4-7,11,13,15H,8-10H2,1-3H3/t13-,15+/m0/s1. The Morgan fingerprint density at radius 3 is 2.52 bits per heavy atom. The highest BCUT2D eigenvalue weighted by Crippen LogP contribution is 2.43. The van der Waals surface area contributed by atoms with Crippen molar-refractivity contribution in [3.63, 3.8) is 0 Å². The summed E-state index contributed by atoms with van der Waals surface area (Å²) in [6, 6.07) is 8.14. The van der Waals surface area contributed by atoms with Gasteiger partial charge in [0.15, 0.2) is 0 Å². The maximum Gasteiger partial charge on any atom is 0.229 e. The lowest BCUT2D eigenvalue weighted by Crippen LogP contribution is -2.43. The normalized spacial score (nSPS) is 24.0. The van der Waals surface area contributed by atoms with Gasteiger partial charge < -0.3 is 9.80 Å². The maximum atomic E-state index is 12.5. The molecule has 1 fully saturated rings. The molecule has 0 aromatic heterocycles. The molecule has 2 aliphatic rings. The topological polar surface area (TPSA) is 40.6 Å². The third kappa shape index (κ3) is 2.33. The summed E-state index contributed by atoms with van der Waals surface area (Å²) in [7, 11) is 0. The van der Waals surface area contributed by atoms with Crippen LogP contribution in [0.25, 0.3) is 0 Å². The molecule has 0 radical (unpaired) electrons. The van der Waals surface area contributed by atoms with E-state index < -0.39 is 0 Å². The largest absolute Gasteiger partial charge is 0.342 e. The van der Waals surface area contributed by atoms with Crippen LogP contribution >= 0.6 is 0 Å². The van der Waals surface area contributed by atoms with Crippen LogP contribution in [0.2, 0.25) is 0 Å². The molecule has 112 valence electrons. The second kappa shape index (κ2) is 5.17. The van der Waals surface area contributed by atoms with Crippen molar-refractivity contribution in [2.45, 2.75) is 26.7 Å². The minimum atomic E-state index is -0.0140. The lowest BCUT2D eigenvalue weighted by atomic mass is 9.83. The number of carbonyl (C=O) groups excluding carboxylic acids is 2. The first-order chi connectivity index (χ1) is 9.99. The Morgan fingerprint density at radius 2 is 1.86 bits per heavy atom. The van der Waals surface area contributed by atoms with E-state index in [1.807, 2.05) is 41.8 Å². The first-order valence-corrected chi connectivity index (χ1v) is 7.65. The van der Waals surface area contributed by atoms with Crippen molar-refractivity contribution >= 4 is 17.5 Å². The van der Waals surface area contributed by atoms with Gasteiger partial charge in [-0.3, -0.25) is 9.59 Å². The van der Waals surface area contributed by atoms with Crippen molar-refractivity contribution in [3.8, 4) is 0 Å². The first kappa shape index (κ1) is 14.1. The minimum Gasteiger partial charge on any atom is -0.342 e. The molecule has 2 atom stereocenters. The van der Waals surface area contributed by atoms with Gasteiger partial charge in [-0.25, -0.2) is 0 Å². The van der Waals surface area contributed by atoms with Crippen LogP contribution in [-0.2, 0) is 9.59 Å². The third-order valence-corrected chi connectivity index (χ3v) is 4.69. The lowest BCUT2D eigenvalue weighted by Gasteiger charge is -2.37. The summed E-state index contributed by atoms with van der Waals surface area (Å²) in [5.74, 6) is 0.999. The highest BCUT2D eigenvalue weighted by molar-refractivity contribution is 5.96. The molecular weight excluding hydrogens is 264 g/mol. The minimum absolute atomic E-state index is 0.0140. The number of rotatable bonds is 1. The molecule has 2 heterocycles. The molecule has 21 heavy (non-hydrogen) atoms. The summed E-state index contributed by atoms with van der Waals surface area (Å²) in [6.45, 7) is 7.76. The highest BCUT2D eigenvalue weighted by Gasteiger charge is 2.42. The van der Waals surface area contributed by atoms with E-state index in [1.54, 1.807) is 6.92 Å². The number of benzene rings is 1. The zero-order valence-electron chi connectivity index (χ0n) is 12.9. The van der Waals surface area contributed by atoms with Gasteiger partial charge in [0.2, 0.25) is 11.8 Å². The van der Waals surface area contributed by atoms with E-state index in [1.165, 1.54) is 5.56 Å². The van der Waals surface area contributed by atoms with Crippen molar-refractivity contribution in [2.24, 2.45) is 11.8 Å². The van der Waals surface area contributed by atoms with E-state index >= 15 is 0 Å². The molecule has 1 aromatic carbocycles. The zero-order valence-corrected chi connectivity index (χ0v) is 12.9. The SMILES string of the molecule is CC(=O)N1C[C@H]2CN(C(=O)C(C)C)c3ccccc3[C@@H]2C1. The van der Waals surface area contributed by atoms with Crippen LogP contribution in [0.4, 0.5) is 5.69 Å². The fourth-order valence-corrected chi connectivity index (χ4v) is 3.57. The Morgan fingerprint density at radius 1 is 1.14 bits per heavy atom. The van der Waals surface area contributed by atoms with E-state index in [9.17, 15) is 9.59 Å². The summed E-state index contributed by atoms with van der Waals surface area (Å²) in [5.41, 5.74) is 2.24. The molecule has 4 heteroatoms. The Balaban J connectivity index is 1.98. The Hall–Kier alpha value is -1.84. The highest BCUT2D eigenvalue weighted by atomic mass is 16.2. The van der Waals surface area contributed by atoms with Crippen molar-refractivity contribution in [2.75, 3.05) is 24.5 Å². The lowest BCUT2D eigenvalue weighted by molar-refractivity contribution is -0.127. The second-order valence-corrected chi connectivity index (χ2v) is 6.45. The number of hydrogen-bond acceptors (Lipinski definition) is 2. The Bertz CT molecular complexity index is 582. The molecule has 0 bridgehead atoms. The smallest absolute Gasteiger partial charge is 0.229 e. The number of anilines is 1. The fraction of sp³-hybridized carbons (Fsp3) is 0.529. The Kier molecular flexibility index (Phi) is 3.47. The average molecular weight is 286 g/mol. The maximum absolute atomic E-state index is 12.5. The van der Waals surface area contributed by atoms with E-state index in [-0.39, 0.29) is 17.7 Å². The number of hydrogen-bond donors (Lipinski definition) is 0. The molecule has 2 amide bonds. The van der Waals surface area contributed by atoms with E-state index in [2.05, 4.69) is 6.07 Å². The molecule has 4 nitrogen and oxygen atoms in total. The predicted octanol–water partition coefficient (Wildman–Crippen LogP) is 2.25. The summed E-state index contributed by atoms with van der Waals surface area (Å²) < 4.78 is 0. The summed E-state index contributed by atoms with van der Waals surface area (Å²) >= 11 is 0. The Labute approximate surface area is 125 Å².